The summed E-state index contributed by atoms with van der Waals surface area (Å²) < 4.78 is 30.4. The SMILES string of the molecule is CC1CCC(OC(F)(F)C(=O)NN)CC1. The van der Waals surface area contributed by atoms with Crippen molar-refractivity contribution >= 4 is 5.91 Å². The monoisotopic (exact) mass is 222 g/mol. The Morgan fingerprint density at radius 2 is 1.93 bits per heavy atom. The van der Waals surface area contributed by atoms with E-state index in [9.17, 15) is 13.6 Å². The Morgan fingerprint density at radius 1 is 1.40 bits per heavy atom. The fourth-order valence-corrected chi connectivity index (χ4v) is 1.69. The third kappa shape index (κ3) is 3.39. The molecule has 0 aliphatic heterocycles. The van der Waals surface area contributed by atoms with Gasteiger partial charge in [0.05, 0.1) is 6.10 Å². The quantitative estimate of drug-likeness (QED) is 0.428. The van der Waals surface area contributed by atoms with E-state index in [1.807, 2.05) is 0 Å². The van der Waals surface area contributed by atoms with Crippen molar-refractivity contribution in [3.63, 3.8) is 0 Å². The number of ether oxygens (including phenoxy) is 1. The van der Waals surface area contributed by atoms with E-state index in [0.29, 0.717) is 18.8 Å². The number of carbonyl (C=O) groups is 1. The van der Waals surface area contributed by atoms with E-state index < -0.39 is 18.1 Å². The fraction of sp³-hybridized carbons (Fsp3) is 0.889. The Bertz CT molecular complexity index is 228. The van der Waals surface area contributed by atoms with Crippen LogP contribution in [0.2, 0.25) is 0 Å². The summed E-state index contributed by atoms with van der Waals surface area (Å²) in [6.07, 6.45) is -1.53. The first-order valence-electron chi connectivity index (χ1n) is 5.02. The van der Waals surface area contributed by atoms with Crippen LogP contribution in [0.1, 0.15) is 32.6 Å². The van der Waals surface area contributed by atoms with Crippen LogP contribution in [0, 0.1) is 5.92 Å². The predicted molar refractivity (Wildman–Crippen MR) is 49.8 cm³/mol. The molecule has 0 aromatic carbocycles. The van der Waals surface area contributed by atoms with E-state index in [-0.39, 0.29) is 0 Å². The first-order chi connectivity index (χ1) is 6.95. The number of carbonyl (C=O) groups excluding carboxylic acids is 1. The summed E-state index contributed by atoms with van der Waals surface area (Å²) in [7, 11) is 0. The molecule has 4 nitrogen and oxygen atoms in total. The van der Waals surface area contributed by atoms with Gasteiger partial charge in [0.15, 0.2) is 0 Å². The van der Waals surface area contributed by atoms with E-state index in [2.05, 4.69) is 17.5 Å². The summed E-state index contributed by atoms with van der Waals surface area (Å²) in [5.74, 6) is 3.57. The van der Waals surface area contributed by atoms with Gasteiger partial charge in [-0.25, -0.2) is 5.84 Å². The molecule has 88 valence electrons. The molecule has 0 saturated heterocycles. The van der Waals surface area contributed by atoms with Crippen molar-refractivity contribution in [1.29, 1.82) is 0 Å². The Balaban J connectivity index is 2.43. The normalized spacial score (nSPS) is 27.5. The molecular weight excluding hydrogens is 206 g/mol. The number of halogens is 2. The van der Waals surface area contributed by atoms with Crippen molar-refractivity contribution in [3.05, 3.63) is 0 Å². The van der Waals surface area contributed by atoms with Gasteiger partial charge in [0.2, 0.25) is 0 Å². The third-order valence-corrected chi connectivity index (χ3v) is 2.67. The molecule has 1 fully saturated rings. The van der Waals surface area contributed by atoms with Gasteiger partial charge in [-0.3, -0.25) is 10.2 Å². The summed E-state index contributed by atoms with van der Waals surface area (Å²) in [4.78, 5) is 10.7. The highest BCUT2D eigenvalue weighted by Gasteiger charge is 2.42. The number of hydrogen-bond acceptors (Lipinski definition) is 3. The summed E-state index contributed by atoms with van der Waals surface area (Å²) in [6, 6.07) is 0. The van der Waals surface area contributed by atoms with Crippen molar-refractivity contribution in [2.45, 2.75) is 44.8 Å². The van der Waals surface area contributed by atoms with Gasteiger partial charge in [0.1, 0.15) is 0 Å². The maximum Gasteiger partial charge on any atom is 0.438 e. The van der Waals surface area contributed by atoms with Crippen molar-refractivity contribution in [2.75, 3.05) is 0 Å². The standard InChI is InChI=1S/C9H16F2N2O2/c1-6-2-4-7(5-3-6)15-9(10,11)8(14)13-12/h6-7H,2-5,12H2,1H3,(H,13,14). The van der Waals surface area contributed by atoms with E-state index in [1.165, 1.54) is 5.43 Å². The van der Waals surface area contributed by atoms with Gasteiger partial charge >= 0.3 is 12.0 Å². The average molecular weight is 222 g/mol. The van der Waals surface area contributed by atoms with Crippen LogP contribution < -0.4 is 11.3 Å². The van der Waals surface area contributed by atoms with Crippen molar-refractivity contribution in [2.24, 2.45) is 11.8 Å². The average Bonchev–Trinajstić information content (AvgIpc) is 2.20. The minimum Gasteiger partial charge on any atom is -0.309 e. The summed E-state index contributed by atoms with van der Waals surface area (Å²) in [5, 5.41) is 0. The molecule has 1 aliphatic carbocycles. The zero-order valence-electron chi connectivity index (χ0n) is 8.63. The Labute approximate surface area is 87.1 Å². The van der Waals surface area contributed by atoms with Crippen LogP contribution >= 0.6 is 0 Å². The number of hydrogen-bond donors (Lipinski definition) is 2. The lowest BCUT2D eigenvalue weighted by atomic mass is 9.89. The van der Waals surface area contributed by atoms with Gasteiger partial charge < -0.3 is 4.74 Å². The zero-order chi connectivity index (χ0) is 11.5. The van der Waals surface area contributed by atoms with Crippen molar-refractivity contribution in [3.8, 4) is 0 Å². The van der Waals surface area contributed by atoms with Gasteiger partial charge in [0.25, 0.3) is 0 Å². The van der Waals surface area contributed by atoms with Crippen LogP contribution in [-0.4, -0.2) is 18.1 Å². The van der Waals surface area contributed by atoms with Gasteiger partial charge in [0, 0.05) is 0 Å². The highest BCUT2D eigenvalue weighted by Crippen LogP contribution is 2.29. The molecule has 1 saturated carbocycles. The number of rotatable bonds is 3. The number of amides is 1. The molecule has 1 rings (SSSR count). The van der Waals surface area contributed by atoms with Gasteiger partial charge in [-0.05, 0) is 31.6 Å². The maximum absolute atomic E-state index is 13.0. The summed E-state index contributed by atoms with van der Waals surface area (Å²) in [5.41, 5.74) is 1.39. The Kier molecular flexibility index (Phi) is 3.98. The molecule has 0 unspecified atom stereocenters. The smallest absolute Gasteiger partial charge is 0.309 e. The molecule has 15 heavy (non-hydrogen) atoms. The molecule has 0 atom stereocenters. The minimum atomic E-state index is -3.82. The summed E-state index contributed by atoms with van der Waals surface area (Å²) in [6.45, 7) is 2.07. The first kappa shape index (κ1) is 12.3. The number of hydrazine groups is 1. The van der Waals surface area contributed by atoms with Crippen LogP contribution in [0.5, 0.6) is 0 Å². The van der Waals surface area contributed by atoms with E-state index in [1.54, 1.807) is 0 Å². The van der Waals surface area contributed by atoms with E-state index >= 15 is 0 Å². The van der Waals surface area contributed by atoms with Crippen LogP contribution in [0.3, 0.4) is 0 Å². The minimum absolute atomic E-state index is 0.543. The van der Waals surface area contributed by atoms with Gasteiger partial charge in [-0.15, -0.1) is 0 Å². The third-order valence-electron chi connectivity index (χ3n) is 2.67. The molecule has 0 aromatic rings. The Morgan fingerprint density at radius 3 is 2.40 bits per heavy atom. The van der Waals surface area contributed by atoms with Crippen LogP contribution in [0.25, 0.3) is 0 Å². The van der Waals surface area contributed by atoms with Crippen molar-refractivity contribution < 1.29 is 18.3 Å². The lowest BCUT2D eigenvalue weighted by molar-refractivity contribution is -0.254. The highest BCUT2D eigenvalue weighted by molar-refractivity contribution is 5.81. The van der Waals surface area contributed by atoms with Crippen molar-refractivity contribution in [1.82, 2.24) is 5.43 Å². The second kappa shape index (κ2) is 4.85. The lowest BCUT2D eigenvalue weighted by Crippen LogP contribution is -2.47. The molecule has 1 amide bonds. The molecule has 1 aliphatic rings. The second-order valence-corrected chi connectivity index (χ2v) is 3.99. The molecule has 0 radical (unpaired) electrons. The number of alkyl halides is 2. The van der Waals surface area contributed by atoms with E-state index in [0.717, 1.165) is 12.8 Å². The van der Waals surface area contributed by atoms with Crippen LogP contribution in [0.15, 0.2) is 0 Å². The molecule has 6 heteroatoms. The number of nitrogens with two attached hydrogens (primary N) is 1. The Hall–Kier alpha value is -0.750. The molecular formula is C9H16F2N2O2. The first-order valence-corrected chi connectivity index (χ1v) is 5.02. The largest absolute Gasteiger partial charge is 0.438 e. The van der Waals surface area contributed by atoms with E-state index in [4.69, 9.17) is 0 Å². The molecule has 0 heterocycles. The fourth-order valence-electron chi connectivity index (χ4n) is 1.69. The lowest BCUT2D eigenvalue weighted by Gasteiger charge is -2.28. The second-order valence-electron chi connectivity index (χ2n) is 3.99. The van der Waals surface area contributed by atoms with Crippen LogP contribution in [0.4, 0.5) is 8.78 Å². The molecule has 0 bridgehead atoms. The predicted octanol–water partition coefficient (Wildman–Crippen LogP) is 1.16. The molecule has 0 aromatic heterocycles. The number of nitrogens with one attached hydrogen (secondary N) is 1. The maximum atomic E-state index is 13.0. The highest BCUT2D eigenvalue weighted by atomic mass is 19.3. The van der Waals surface area contributed by atoms with Gasteiger partial charge in [-0.2, -0.15) is 8.78 Å². The zero-order valence-corrected chi connectivity index (χ0v) is 8.63. The molecule has 0 spiro atoms. The molecule has 3 N–H and O–H groups in total. The van der Waals surface area contributed by atoms with Gasteiger partial charge in [-0.1, -0.05) is 6.92 Å². The topological polar surface area (TPSA) is 64.3 Å². The summed E-state index contributed by atoms with van der Waals surface area (Å²) >= 11 is 0. The van der Waals surface area contributed by atoms with Crippen LogP contribution in [-0.2, 0) is 9.53 Å².